The molecular weight excluding hydrogens is 729 g/mol. The summed E-state index contributed by atoms with van der Waals surface area (Å²) in [4.78, 5) is 12.8. The second-order valence-electron chi connectivity index (χ2n) is 21.2. The van der Waals surface area contributed by atoms with E-state index in [2.05, 4.69) is 20.8 Å². The van der Waals surface area contributed by atoms with Gasteiger partial charge in [0.25, 0.3) is 0 Å². The van der Waals surface area contributed by atoms with Crippen LogP contribution in [0.4, 0.5) is 0 Å². The van der Waals surface area contributed by atoms with Crippen LogP contribution < -0.4 is 0 Å². The monoisotopic (exact) mass is 815 g/mol. The van der Waals surface area contributed by atoms with Crippen LogP contribution in [0.3, 0.4) is 0 Å². The summed E-state index contributed by atoms with van der Waals surface area (Å²) in [6.07, 6.45) is 31.2. The summed E-state index contributed by atoms with van der Waals surface area (Å²) in [6.45, 7) is 16.3. The van der Waals surface area contributed by atoms with E-state index in [4.69, 9.17) is 28.4 Å². The van der Waals surface area contributed by atoms with Crippen LogP contribution >= 0.6 is 0 Å². The van der Waals surface area contributed by atoms with Crippen LogP contribution in [0.2, 0.25) is 0 Å². The summed E-state index contributed by atoms with van der Waals surface area (Å²) in [6, 6.07) is 0. The van der Waals surface area contributed by atoms with E-state index in [1.807, 2.05) is 0 Å². The molecule has 4 aliphatic carbocycles. The Morgan fingerprint density at radius 1 is 0.534 bits per heavy atom. The third kappa shape index (κ3) is 11.6. The van der Waals surface area contributed by atoms with E-state index in [0.717, 1.165) is 123 Å². The molecule has 58 heavy (non-hydrogen) atoms. The fourth-order valence-electron chi connectivity index (χ4n) is 12.8. The van der Waals surface area contributed by atoms with Crippen molar-refractivity contribution >= 4 is 5.97 Å². The van der Waals surface area contributed by atoms with Gasteiger partial charge in [-0.05, 0) is 103 Å². The van der Waals surface area contributed by atoms with Crippen LogP contribution in [0.1, 0.15) is 201 Å². The highest BCUT2D eigenvalue weighted by atomic mass is 16.5. The van der Waals surface area contributed by atoms with E-state index in [9.17, 15) is 9.90 Å². The molecule has 2 unspecified atom stereocenters. The predicted molar refractivity (Wildman–Crippen MR) is 231 cm³/mol. The van der Waals surface area contributed by atoms with Crippen LogP contribution in [0.5, 0.6) is 0 Å². The first kappa shape index (κ1) is 46.3. The minimum absolute atomic E-state index is 0.287. The average molecular weight is 815 g/mol. The van der Waals surface area contributed by atoms with Crippen molar-refractivity contribution in [2.75, 3.05) is 59.5 Å². The summed E-state index contributed by atoms with van der Waals surface area (Å²) in [5, 5.41) is 10.5. The Kier molecular flexibility index (Phi) is 17.0. The van der Waals surface area contributed by atoms with Gasteiger partial charge < -0.3 is 33.5 Å². The van der Waals surface area contributed by atoms with Gasteiger partial charge in [0.1, 0.15) is 5.76 Å². The Morgan fingerprint density at radius 3 is 1.29 bits per heavy atom. The summed E-state index contributed by atoms with van der Waals surface area (Å²) < 4.78 is 38.1. The van der Waals surface area contributed by atoms with Crippen LogP contribution in [-0.4, -0.2) is 81.7 Å². The topological polar surface area (TPSA) is 92.7 Å². The molecule has 1 N–H and O–H groups in total. The van der Waals surface area contributed by atoms with Gasteiger partial charge in [-0.3, -0.25) is 0 Å². The molecule has 0 spiro atoms. The van der Waals surface area contributed by atoms with Gasteiger partial charge in [-0.15, -0.1) is 0 Å². The smallest absolute Gasteiger partial charge is 0.334 e. The summed E-state index contributed by atoms with van der Waals surface area (Å²) >= 11 is 0. The molecule has 0 aromatic rings. The summed E-state index contributed by atoms with van der Waals surface area (Å²) in [5.41, 5.74) is 0.667. The Labute approximate surface area is 354 Å². The van der Waals surface area contributed by atoms with Gasteiger partial charge in [-0.1, -0.05) is 97.8 Å². The molecule has 3 saturated heterocycles. The second-order valence-corrected chi connectivity index (χ2v) is 21.2. The fraction of sp³-hybridized carbons (Fsp3) is 0.940. The highest BCUT2D eigenvalue weighted by molar-refractivity contribution is 5.86. The number of aliphatic carboxylic acids is 1. The van der Waals surface area contributed by atoms with Gasteiger partial charge in [0.15, 0.2) is 0 Å². The lowest BCUT2D eigenvalue weighted by molar-refractivity contribution is -0.261. The number of allylic oxidation sites excluding steroid dienone is 1. The van der Waals surface area contributed by atoms with Crippen molar-refractivity contribution in [3.05, 3.63) is 11.3 Å². The maximum absolute atomic E-state index is 12.8. The lowest BCUT2D eigenvalue weighted by Crippen LogP contribution is -2.65. The van der Waals surface area contributed by atoms with Crippen molar-refractivity contribution in [2.45, 2.75) is 212 Å². The van der Waals surface area contributed by atoms with Crippen molar-refractivity contribution in [3.63, 3.8) is 0 Å². The van der Waals surface area contributed by atoms with Gasteiger partial charge in [-0.25, -0.2) is 4.79 Å². The Hall–Kier alpha value is -1.19. The minimum atomic E-state index is -0.860. The largest absolute Gasteiger partial charge is 0.497 e. The van der Waals surface area contributed by atoms with E-state index in [1.54, 1.807) is 6.92 Å². The number of carbonyl (C=O) groups is 1. The Balaban J connectivity index is 1.07. The first-order chi connectivity index (χ1) is 28.1. The van der Waals surface area contributed by atoms with Gasteiger partial charge in [0.2, 0.25) is 0 Å². The van der Waals surface area contributed by atoms with Gasteiger partial charge in [0.05, 0.1) is 63.0 Å². The number of hydrogen-bond donors (Lipinski definition) is 1. The number of hydrogen-bond acceptors (Lipinski definition) is 7. The zero-order chi connectivity index (χ0) is 41.0. The summed E-state index contributed by atoms with van der Waals surface area (Å²) in [5.74, 6) is 0.326. The van der Waals surface area contributed by atoms with Crippen molar-refractivity contribution in [1.82, 2.24) is 0 Å². The average Bonchev–Trinajstić information content (AvgIpc) is 3.14. The first-order valence-electron chi connectivity index (χ1n) is 24.7. The number of carboxylic acid groups (broad SMARTS) is 1. The van der Waals surface area contributed by atoms with Crippen molar-refractivity contribution < 1.29 is 38.3 Å². The summed E-state index contributed by atoms with van der Waals surface area (Å²) in [7, 11) is 0. The number of carboxylic acids is 1. The molecule has 8 nitrogen and oxygen atoms in total. The molecule has 0 amide bonds. The first-order valence-corrected chi connectivity index (χ1v) is 24.7. The maximum atomic E-state index is 12.8. The SMILES string of the molecule is CCCCC1(CCCCCOC(=C(C)C(=O)O)C23CC4CC(OCCCCCC5(CCCC)COC5)(CC(OCCCCCC5(CCCC)COC5)(C4)C2)C3)COC1. The molecule has 3 aliphatic heterocycles. The van der Waals surface area contributed by atoms with E-state index in [1.165, 1.54) is 109 Å². The lowest BCUT2D eigenvalue weighted by Gasteiger charge is -2.66. The Bertz CT molecular complexity index is 1240. The quantitative estimate of drug-likeness (QED) is 0.0408. The van der Waals surface area contributed by atoms with Crippen LogP contribution in [0.25, 0.3) is 0 Å². The molecule has 7 aliphatic rings. The minimum Gasteiger partial charge on any atom is -0.497 e. The molecule has 7 fully saturated rings. The molecule has 8 heteroatoms. The molecule has 7 rings (SSSR count). The maximum Gasteiger partial charge on any atom is 0.334 e. The molecule has 4 bridgehead atoms. The third-order valence-electron chi connectivity index (χ3n) is 15.9. The molecule has 0 radical (unpaired) electrons. The van der Waals surface area contributed by atoms with Crippen molar-refractivity contribution in [1.29, 1.82) is 0 Å². The lowest BCUT2D eigenvalue weighted by atomic mass is 9.45. The van der Waals surface area contributed by atoms with Crippen LogP contribution in [-0.2, 0) is 33.2 Å². The highest BCUT2D eigenvalue weighted by Gasteiger charge is 2.66. The second kappa shape index (κ2) is 21.3. The molecule has 4 saturated carbocycles. The van der Waals surface area contributed by atoms with Gasteiger partial charge >= 0.3 is 5.97 Å². The van der Waals surface area contributed by atoms with Crippen LogP contribution in [0.15, 0.2) is 11.3 Å². The van der Waals surface area contributed by atoms with Crippen molar-refractivity contribution in [3.8, 4) is 0 Å². The highest BCUT2D eigenvalue weighted by Crippen LogP contribution is 2.68. The number of ether oxygens (including phenoxy) is 6. The molecule has 334 valence electrons. The standard InChI is InChI=1S/C50H86O8/c1-5-8-20-45(35-53-36-45)23-14-11-17-26-56-43(41(4)44(51)52)48-29-42-30-49(32-48,57-27-18-12-15-24-46(21-9-6-2)37-54-38-46)34-50(31-42,33-48)58-28-19-13-16-25-47(22-10-7-3)39-55-40-47/h42H,5-40H2,1-4H3,(H,51,52). The number of rotatable bonds is 32. The zero-order valence-corrected chi connectivity index (χ0v) is 37.8. The van der Waals surface area contributed by atoms with Gasteiger partial charge in [0, 0.05) is 41.3 Å². The van der Waals surface area contributed by atoms with Crippen LogP contribution in [0, 0.1) is 27.6 Å². The Morgan fingerprint density at radius 2 is 0.931 bits per heavy atom. The van der Waals surface area contributed by atoms with E-state index in [0.29, 0.717) is 34.3 Å². The molecule has 3 heterocycles. The van der Waals surface area contributed by atoms with E-state index in [-0.39, 0.29) is 16.6 Å². The van der Waals surface area contributed by atoms with Crippen molar-refractivity contribution in [2.24, 2.45) is 27.6 Å². The van der Waals surface area contributed by atoms with Gasteiger partial charge in [-0.2, -0.15) is 0 Å². The zero-order valence-electron chi connectivity index (χ0n) is 37.8. The van der Waals surface area contributed by atoms with E-state index < -0.39 is 5.97 Å². The predicted octanol–water partition coefficient (Wildman–Crippen LogP) is 12.2. The fourth-order valence-corrected chi connectivity index (χ4v) is 12.8. The molecule has 0 aromatic carbocycles. The number of unbranched alkanes of at least 4 members (excludes halogenated alkanes) is 9. The molecular formula is C50H86O8. The van der Waals surface area contributed by atoms with E-state index >= 15 is 0 Å². The molecule has 0 aromatic heterocycles. The normalized spacial score (nSPS) is 30.3. The third-order valence-corrected chi connectivity index (χ3v) is 15.9. The molecule has 2 atom stereocenters.